The first-order valence-electron chi connectivity index (χ1n) is 6.10. The third kappa shape index (κ3) is 2.37. The van der Waals surface area contributed by atoms with Crippen molar-refractivity contribution in [1.82, 2.24) is 0 Å². The molecule has 0 saturated heterocycles. The number of carbonyl (C=O) groups excluding carboxylic acids is 2. The number of carbonyl (C=O) groups is 2. The van der Waals surface area contributed by atoms with E-state index in [4.69, 9.17) is 4.74 Å². The smallest absolute Gasteiger partial charge is 0.262 e. The maximum absolute atomic E-state index is 12.2. The van der Waals surface area contributed by atoms with Gasteiger partial charge in [-0.3, -0.25) is 9.59 Å². The average molecular weight is 247 g/mol. The number of benzene rings is 1. The zero-order chi connectivity index (χ0) is 13.3. The Bertz CT molecular complexity index is 494. The number of fused-ring (bicyclic) bond motifs is 1. The molecule has 18 heavy (non-hydrogen) atoms. The minimum atomic E-state index is -0.191. The van der Waals surface area contributed by atoms with Crippen molar-refractivity contribution in [3.05, 3.63) is 23.8 Å². The highest BCUT2D eigenvalue weighted by atomic mass is 16.5. The molecule has 1 aromatic rings. The second-order valence-electron chi connectivity index (χ2n) is 4.94. The van der Waals surface area contributed by atoms with Crippen LogP contribution in [0.2, 0.25) is 0 Å². The second-order valence-corrected chi connectivity index (χ2v) is 4.94. The Balaban J connectivity index is 2.28. The van der Waals surface area contributed by atoms with Gasteiger partial charge in [0.05, 0.1) is 5.69 Å². The molecule has 1 atom stereocenters. The Morgan fingerprint density at radius 2 is 2.06 bits per heavy atom. The van der Waals surface area contributed by atoms with Gasteiger partial charge in [0, 0.05) is 11.5 Å². The van der Waals surface area contributed by atoms with Crippen molar-refractivity contribution in [1.29, 1.82) is 0 Å². The molecule has 0 bridgehead atoms. The third-order valence-corrected chi connectivity index (χ3v) is 3.31. The van der Waals surface area contributed by atoms with Gasteiger partial charge in [0.25, 0.3) is 5.91 Å². The second kappa shape index (κ2) is 4.80. The number of nitrogens with one attached hydrogen (secondary N) is 1. The molecule has 1 aromatic carbocycles. The van der Waals surface area contributed by atoms with Gasteiger partial charge in [-0.25, -0.2) is 0 Å². The minimum absolute atomic E-state index is 0.0304. The maximum atomic E-state index is 12.2. The van der Waals surface area contributed by atoms with Gasteiger partial charge >= 0.3 is 0 Å². The van der Waals surface area contributed by atoms with Crippen LogP contribution < -0.4 is 10.1 Å². The van der Waals surface area contributed by atoms with Crippen LogP contribution >= 0.6 is 0 Å². The number of rotatable bonds is 3. The molecule has 0 spiro atoms. The van der Waals surface area contributed by atoms with Crippen LogP contribution in [0.4, 0.5) is 5.69 Å². The molecular formula is C14H17NO3. The summed E-state index contributed by atoms with van der Waals surface area (Å²) in [6.45, 7) is 5.99. The van der Waals surface area contributed by atoms with E-state index in [0.29, 0.717) is 22.9 Å². The summed E-state index contributed by atoms with van der Waals surface area (Å²) in [4.78, 5) is 23.4. The molecule has 1 unspecified atom stereocenters. The fourth-order valence-corrected chi connectivity index (χ4v) is 1.80. The van der Waals surface area contributed by atoms with Gasteiger partial charge in [0.1, 0.15) is 5.75 Å². The van der Waals surface area contributed by atoms with Gasteiger partial charge in [-0.05, 0) is 24.1 Å². The van der Waals surface area contributed by atoms with Gasteiger partial charge in [-0.1, -0.05) is 20.8 Å². The molecule has 0 saturated carbocycles. The van der Waals surface area contributed by atoms with Crippen LogP contribution in [0.3, 0.4) is 0 Å². The fraction of sp³-hybridized carbons (Fsp3) is 0.429. The van der Waals surface area contributed by atoms with Gasteiger partial charge in [-0.15, -0.1) is 0 Å². The molecule has 0 fully saturated rings. The summed E-state index contributed by atoms with van der Waals surface area (Å²) in [7, 11) is 0. The van der Waals surface area contributed by atoms with Crippen LogP contribution in [-0.4, -0.2) is 18.3 Å². The quantitative estimate of drug-likeness (QED) is 0.835. The lowest BCUT2D eigenvalue weighted by Gasteiger charge is -2.19. The van der Waals surface area contributed by atoms with Crippen LogP contribution in [0.25, 0.3) is 0 Å². The number of ketones is 1. The van der Waals surface area contributed by atoms with Crippen molar-refractivity contribution in [3.8, 4) is 5.75 Å². The highest BCUT2D eigenvalue weighted by molar-refractivity contribution is 6.01. The van der Waals surface area contributed by atoms with Gasteiger partial charge < -0.3 is 10.1 Å². The predicted molar refractivity (Wildman–Crippen MR) is 68.9 cm³/mol. The number of hydrogen-bond acceptors (Lipinski definition) is 3. The SMILES string of the molecule is CC(C)C(C)C(=O)c1ccc2c(c1)NC(=O)CO2. The van der Waals surface area contributed by atoms with Crippen molar-refractivity contribution >= 4 is 17.4 Å². The molecule has 1 N–H and O–H groups in total. The molecule has 1 aliphatic heterocycles. The molecular weight excluding hydrogens is 230 g/mol. The number of hydrogen-bond donors (Lipinski definition) is 1. The predicted octanol–water partition coefficient (Wildman–Crippen LogP) is 2.49. The number of amides is 1. The van der Waals surface area contributed by atoms with Gasteiger partial charge in [0.15, 0.2) is 12.4 Å². The van der Waals surface area contributed by atoms with E-state index in [0.717, 1.165) is 0 Å². The van der Waals surface area contributed by atoms with E-state index in [1.165, 1.54) is 0 Å². The van der Waals surface area contributed by atoms with Crippen molar-refractivity contribution in [2.24, 2.45) is 11.8 Å². The molecule has 1 aliphatic rings. The van der Waals surface area contributed by atoms with Crippen LogP contribution in [0.1, 0.15) is 31.1 Å². The number of anilines is 1. The molecule has 0 aromatic heterocycles. The molecule has 4 nitrogen and oxygen atoms in total. The summed E-state index contributed by atoms with van der Waals surface area (Å²) in [6.07, 6.45) is 0. The molecule has 0 aliphatic carbocycles. The first-order valence-corrected chi connectivity index (χ1v) is 6.10. The summed E-state index contributed by atoms with van der Waals surface area (Å²) in [5, 5.41) is 2.71. The number of Topliss-reactive ketones (excluding diaryl/α,β-unsaturated/α-hetero) is 1. The van der Waals surface area contributed by atoms with E-state index in [2.05, 4.69) is 5.32 Å². The minimum Gasteiger partial charge on any atom is -0.482 e. The Morgan fingerprint density at radius 1 is 1.33 bits per heavy atom. The molecule has 2 rings (SSSR count). The average Bonchev–Trinajstić information content (AvgIpc) is 2.35. The van der Waals surface area contributed by atoms with Crippen molar-refractivity contribution in [3.63, 3.8) is 0 Å². The fourth-order valence-electron chi connectivity index (χ4n) is 1.80. The lowest BCUT2D eigenvalue weighted by atomic mass is 9.89. The van der Waals surface area contributed by atoms with Crippen molar-refractivity contribution < 1.29 is 14.3 Å². The molecule has 0 radical (unpaired) electrons. The van der Waals surface area contributed by atoms with Crippen molar-refractivity contribution in [2.45, 2.75) is 20.8 Å². The lowest BCUT2D eigenvalue weighted by Crippen LogP contribution is -2.26. The van der Waals surface area contributed by atoms with Crippen LogP contribution in [0, 0.1) is 11.8 Å². The maximum Gasteiger partial charge on any atom is 0.262 e. The van der Waals surface area contributed by atoms with E-state index in [1.807, 2.05) is 20.8 Å². The topological polar surface area (TPSA) is 55.4 Å². The highest BCUT2D eigenvalue weighted by Crippen LogP contribution is 2.29. The van der Waals surface area contributed by atoms with E-state index in [9.17, 15) is 9.59 Å². The molecule has 1 amide bonds. The van der Waals surface area contributed by atoms with E-state index in [-0.39, 0.29) is 24.2 Å². The summed E-state index contributed by atoms with van der Waals surface area (Å²) in [5.41, 5.74) is 1.19. The molecule has 96 valence electrons. The van der Waals surface area contributed by atoms with E-state index >= 15 is 0 Å². The Hall–Kier alpha value is -1.84. The summed E-state index contributed by atoms with van der Waals surface area (Å²) < 4.78 is 5.26. The van der Waals surface area contributed by atoms with Crippen LogP contribution in [-0.2, 0) is 4.79 Å². The Morgan fingerprint density at radius 3 is 2.72 bits per heavy atom. The van der Waals surface area contributed by atoms with E-state index in [1.54, 1.807) is 18.2 Å². The highest BCUT2D eigenvalue weighted by Gasteiger charge is 2.21. The monoisotopic (exact) mass is 247 g/mol. The van der Waals surface area contributed by atoms with E-state index < -0.39 is 0 Å². The largest absolute Gasteiger partial charge is 0.482 e. The zero-order valence-electron chi connectivity index (χ0n) is 10.8. The summed E-state index contributed by atoms with van der Waals surface area (Å²) in [6, 6.07) is 5.17. The number of ether oxygens (including phenoxy) is 1. The Kier molecular flexibility index (Phi) is 3.36. The first kappa shape index (κ1) is 12.6. The molecule has 4 heteroatoms. The van der Waals surface area contributed by atoms with Crippen LogP contribution in [0.15, 0.2) is 18.2 Å². The third-order valence-electron chi connectivity index (χ3n) is 3.31. The van der Waals surface area contributed by atoms with Crippen LogP contribution in [0.5, 0.6) is 5.75 Å². The standard InChI is InChI=1S/C14H17NO3/c1-8(2)9(3)14(17)10-4-5-12-11(6-10)15-13(16)7-18-12/h4-6,8-9H,7H2,1-3H3,(H,15,16). The normalized spacial score (nSPS) is 15.7. The lowest BCUT2D eigenvalue weighted by molar-refractivity contribution is -0.118. The van der Waals surface area contributed by atoms with Gasteiger partial charge in [-0.2, -0.15) is 0 Å². The zero-order valence-corrected chi connectivity index (χ0v) is 10.8. The van der Waals surface area contributed by atoms with Crippen molar-refractivity contribution in [2.75, 3.05) is 11.9 Å². The molecule has 1 heterocycles. The summed E-state index contributed by atoms with van der Waals surface area (Å²) >= 11 is 0. The Labute approximate surface area is 106 Å². The summed E-state index contributed by atoms with van der Waals surface area (Å²) in [5.74, 6) is 0.766. The van der Waals surface area contributed by atoms with Gasteiger partial charge in [0.2, 0.25) is 0 Å². The first-order chi connectivity index (χ1) is 8.49.